The van der Waals surface area contributed by atoms with E-state index in [9.17, 15) is 9.59 Å². The number of halogens is 3. The van der Waals surface area contributed by atoms with Crippen molar-refractivity contribution in [1.29, 1.82) is 0 Å². The second-order valence-electron chi connectivity index (χ2n) is 7.34. The number of rotatable bonds is 8. The zero-order chi connectivity index (χ0) is 21.6. The van der Waals surface area contributed by atoms with Crippen LogP contribution in [0.25, 0.3) is 0 Å². The molecule has 0 saturated heterocycles. The molecule has 0 unspecified atom stereocenters. The van der Waals surface area contributed by atoms with E-state index in [0.29, 0.717) is 33.1 Å². The van der Waals surface area contributed by atoms with Gasteiger partial charge in [-0.2, -0.15) is 0 Å². The molecule has 0 spiro atoms. The summed E-state index contributed by atoms with van der Waals surface area (Å²) < 4.78 is 0. The first-order chi connectivity index (χ1) is 13.7. The van der Waals surface area contributed by atoms with Gasteiger partial charge in [-0.25, -0.2) is 0 Å². The molecule has 2 rings (SSSR count). The maximum absolute atomic E-state index is 13.2. The summed E-state index contributed by atoms with van der Waals surface area (Å²) >= 11 is 18.7. The molecule has 1 N–H and O–H groups in total. The molecule has 0 aliphatic rings. The Kier molecular flexibility index (Phi) is 8.81. The van der Waals surface area contributed by atoms with Gasteiger partial charge in [0, 0.05) is 33.7 Å². The minimum absolute atomic E-state index is 0.116. The normalized spacial score (nSPS) is 12.0. The fourth-order valence-corrected chi connectivity index (χ4v) is 3.54. The second kappa shape index (κ2) is 10.9. The number of hydrogen-bond donors (Lipinski definition) is 1. The molecule has 0 fully saturated rings. The van der Waals surface area contributed by atoms with Crippen molar-refractivity contribution in [3.05, 3.63) is 68.7 Å². The van der Waals surface area contributed by atoms with Gasteiger partial charge in [0.1, 0.15) is 6.04 Å². The Hall–Kier alpha value is -1.75. The first kappa shape index (κ1) is 23.5. The van der Waals surface area contributed by atoms with Crippen LogP contribution in [0.2, 0.25) is 15.1 Å². The third kappa shape index (κ3) is 6.91. The molecule has 2 aromatic carbocycles. The summed E-state index contributed by atoms with van der Waals surface area (Å²) in [5, 5.41) is 4.34. The number of nitrogens with zero attached hydrogens (tertiary/aromatic N) is 1. The smallest absolute Gasteiger partial charge is 0.242 e. The lowest BCUT2D eigenvalue weighted by molar-refractivity contribution is -0.140. The Balaban J connectivity index is 2.28. The minimum Gasteiger partial charge on any atom is -0.354 e. The fraction of sp³-hybridized carbons (Fsp3) is 0.364. The predicted molar refractivity (Wildman–Crippen MR) is 119 cm³/mol. The average Bonchev–Trinajstić information content (AvgIpc) is 2.65. The molecular weight excluding hydrogens is 431 g/mol. The summed E-state index contributed by atoms with van der Waals surface area (Å²) in [6.45, 7) is 6.39. The van der Waals surface area contributed by atoms with Crippen LogP contribution in [0.1, 0.15) is 31.9 Å². The highest BCUT2D eigenvalue weighted by atomic mass is 35.5. The minimum atomic E-state index is -0.687. The molecule has 7 heteroatoms. The van der Waals surface area contributed by atoms with E-state index in [1.807, 2.05) is 19.9 Å². The van der Waals surface area contributed by atoms with Crippen LogP contribution >= 0.6 is 34.8 Å². The summed E-state index contributed by atoms with van der Waals surface area (Å²) in [5.41, 5.74) is 1.38. The highest BCUT2D eigenvalue weighted by molar-refractivity contribution is 6.36. The van der Waals surface area contributed by atoms with Gasteiger partial charge in [-0.05, 0) is 42.7 Å². The largest absolute Gasteiger partial charge is 0.354 e. The van der Waals surface area contributed by atoms with E-state index in [-0.39, 0.29) is 24.8 Å². The van der Waals surface area contributed by atoms with Crippen LogP contribution in [0.5, 0.6) is 0 Å². The lowest BCUT2D eigenvalue weighted by atomic mass is 10.1. The Morgan fingerprint density at radius 1 is 1.00 bits per heavy atom. The number of carbonyl (C=O) groups excluding carboxylic acids is 2. The van der Waals surface area contributed by atoms with Gasteiger partial charge in [0.15, 0.2) is 0 Å². The molecule has 0 saturated carbocycles. The van der Waals surface area contributed by atoms with E-state index in [1.165, 1.54) is 4.90 Å². The molecule has 0 aliphatic carbocycles. The van der Waals surface area contributed by atoms with Crippen LogP contribution in [0.4, 0.5) is 0 Å². The Morgan fingerprint density at radius 3 is 2.21 bits per heavy atom. The molecule has 1 atom stereocenters. The quantitative estimate of drug-likeness (QED) is 0.581. The zero-order valence-electron chi connectivity index (χ0n) is 16.7. The van der Waals surface area contributed by atoms with Crippen LogP contribution in [0, 0.1) is 5.92 Å². The maximum atomic E-state index is 13.2. The first-order valence-electron chi connectivity index (χ1n) is 9.43. The molecule has 156 valence electrons. The Morgan fingerprint density at radius 2 is 1.62 bits per heavy atom. The van der Waals surface area contributed by atoms with Crippen LogP contribution in [0.15, 0.2) is 42.5 Å². The Labute approximate surface area is 187 Å². The summed E-state index contributed by atoms with van der Waals surface area (Å²) in [7, 11) is 0. The number of amides is 2. The van der Waals surface area contributed by atoms with Gasteiger partial charge in [-0.1, -0.05) is 66.8 Å². The van der Waals surface area contributed by atoms with Crippen molar-refractivity contribution in [3.8, 4) is 0 Å². The molecule has 29 heavy (non-hydrogen) atoms. The van der Waals surface area contributed by atoms with Gasteiger partial charge in [0.05, 0.1) is 6.42 Å². The van der Waals surface area contributed by atoms with Crippen molar-refractivity contribution in [2.75, 3.05) is 6.54 Å². The summed E-state index contributed by atoms with van der Waals surface area (Å²) in [6, 6.07) is 11.6. The fourth-order valence-electron chi connectivity index (χ4n) is 2.81. The van der Waals surface area contributed by atoms with Gasteiger partial charge in [0.2, 0.25) is 11.8 Å². The molecule has 2 aromatic rings. The number of benzene rings is 2. The number of nitrogens with one attached hydrogen (secondary N) is 1. The zero-order valence-corrected chi connectivity index (χ0v) is 19.0. The molecule has 0 radical (unpaired) electrons. The van der Waals surface area contributed by atoms with E-state index in [4.69, 9.17) is 34.8 Å². The van der Waals surface area contributed by atoms with Crippen LogP contribution in [0.3, 0.4) is 0 Å². The van der Waals surface area contributed by atoms with Crippen molar-refractivity contribution in [2.45, 2.75) is 39.8 Å². The first-order valence-corrected chi connectivity index (χ1v) is 10.6. The summed E-state index contributed by atoms with van der Waals surface area (Å²) in [4.78, 5) is 27.3. The molecule has 2 amide bonds. The summed E-state index contributed by atoms with van der Waals surface area (Å²) in [5.74, 6) is -0.128. The van der Waals surface area contributed by atoms with E-state index < -0.39 is 6.04 Å². The van der Waals surface area contributed by atoms with Gasteiger partial charge in [-0.3, -0.25) is 9.59 Å². The van der Waals surface area contributed by atoms with Crippen molar-refractivity contribution in [2.24, 2.45) is 5.92 Å². The number of hydrogen-bond acceptors (Lipinski definition) is 2. The van der Waals surface area contributed by atoms with Crippen molar-refractivity contribution in [3.63, 3.8) is 0 Å². The standard InChI is InChI=1S/C22H25Cl3N2O2/c1-14(2)12-26-22(29)15(3)27(13-18-19(24)8-5-9-20(18)25)21(28)11-16-6-4-7-17(23)10-16/h4-10,14-15H,11-13H2,1-3H3,(H,26,29)/t15-/m0/s1. The van der Waals surface area contributed by atoms with E-state index in [0.717, 1.165) is 5.56 Å². The maximum Gasteiger partial charge on any atom is 0.242 e. The van der Waals surface area contributed by atoms with Crippen molar-refractivity contribution >= 4 is 46.6 Å². The number of carbonyl (C=O) groups is 2. The van der Waals surface area contributed by atoms with E-state index in [1.54, 1.807) is 43.3 Å². The van der Waals surface area contributed by atoms with Gasteiger partial charge >= 0.3 is 0 Å². The van der Waals surface area contributed by atoms with Crippen LogP contribution < -0.4 is 5.32 Å². The predicted octanol–water partition coefficient (Wildman–Crippen LogP) is 5.38. The SMILES string of the molecule is CC(C)CNC(=O)[C@H](C)N(Cc1c(Cl)cccc1Cl)C(=O)Cc1cccc(Cl)c1. The van der Waals surface area contributed by atoms with Crippen molar-refractivity contribution in [1.82, 2.24) is 10.2 Å². The van der Waals surface area contributed by atoms with Gasteiger partial charge in [-0.15, -0.1) is 0 Å². The van der Waals surface area contributed by atoms with Crippen molar-refractivity contribution < 1.29 is 9.59 Å². The molecule has 0 aromatic heterocycles. The molecule has 0 bridgehead atoms. The molecule has 0 aliphatic heterocycles. The lowest BCUT2D eigenvalue weighted by Gasteiger charge is -2.29. The highest BCUT2D eigenvalue weighted by Gasteiger charge is 2.27. The van der Waals surface area contributed by atoms with Gasteiger partial charge < -0.3 is 10.2 Å². The average molecular weight is 456 g/mol. The lowest BCUT2D eigenvalue weighted by Crippen LogP contribution is -2.48. The molecular formula is C22H25Cl3N2O2. The van der Waals surface area contributed by atoms with Gasteiger partial charge in [0.25, 0.3) is 0 Å². The van der Waals surface area contributed by atoms with Crippen LogP contribution in [-0.2, 0) is 22.6 Å². The molecule has 0 heterocycles. The third-order valence-electron chi connectivity index (χ3n) is 4.49. The molecule has 4 nitrogen and oxygen atoms in total. The third-order valence-corrected chi connectivity index (χ3v) is 5.43. The van der Waals surface area contributed by atoms with E-state index >= 15 is 0 Å². The Bertz CT molecular complexity index is 851. The summed E-state index contributed by atoms with van der Waals surface area (Å²) in [6.07, 6.45) is 0.116. The van der Waals surface area contributed by atoms with Crippen LogP contribution in [-0.4, -0.2) is 29.3 Å². The monoisotopic (exact) mass is 454 g/mol. The van der Waals surface area contributed by atoms with E-state index in [2.05, 4.69) is 5.32 Å². The highest BCUT2D eigenvalue weighted by Crippen LogP contribution is 2.27. The second-order valence-corrected chi connectivity index (χ2v) is 8.59. The topological polar surface area (TPSA) is 49.4 Å².